The highest BCUT2D eigenvalue weighted by molar-refractivity contribution is 7.99. The van der Waals surface area contributed by atoms with E-state index in [-0.39, 0.29) is 11.7 Å². The van der Waals surface area contributed by atoms with Crippen LogP contribution in [-0.2, 0) is 4.79 Å². The van der Waals surface area contributed by atoms with Crippen LogP contribution in [0.2, 0.25) is 5.02 Å². The average Bonchev–Trinajstić information content (AvgIpc) is 3.08. The predicted octanol–water partition coefficient (Wildman–Crippen LogP) is 5.07. The zero-order valence-corrected chi connectivity index (χ0v) is 17.4. The maximum absolute atomic E-state index is 12.4. The van der Waals surface area contributed by atoms with E-state index in [0.29, 0.717) is 21.6 Å². The van der Waals surface area contributed by atoms with Gasteiger partial charge in [0.1, 0.15) is 17.1 Å². The highest BCUT2D eigenvalue weighted by atomic mass is 35.5. The molecule has 0 radical (unpaired) electrons. The van der Waals surface area contributed by atoms with Gasteiger partial charge in [-0.15, -0.1) is 10.2 Å². The molecule has 8 heteroatoms. The zero-order valence-electron chi connectivity index (χ0n) is 15.8. The van der Waals surface area contributed by atoms with Gasteiger partial charge in [-0.3, -0.25) is 4.79 Å². The molecule has 6 nitrogen and oxygen atoms in total. The Bertz CT molecular complexity index is 1310. The number of nitrogens with one attached hydrogen (secondary N) is 1. The number of amides is 1. The zero-order chi connectivity index (χ0) is 20.7. The normalized spacial score (nSPS) is 11.4. The Hall–Kier alpha value is -3.16. The van der Waals surface area contributed by atoms with Crippen molar-refractivity contribution >= 4 is 45.7 Å². The Balaban J connectivity index is 1.35. The number of carbonyl (C=O) groups is 1. The second kappa shape index (κ2) is 7.59. The van der Waals surface area contributed by atoms with Crippen LogP contribution in [-0.4, -0.2) is 34.0 Å². The van der Waals surface area contributed by atoms with E-state index in [4.69, 9.17) is 16.3 Å². The summed E-state index contributed by atoms with van der Waals surface area (Å²) in [4.78, 5) is 17.1. The number of aromatic nitrogens is 3. The van der Waals surface area contributed by atoms with E-state index in [1.54, 1.807) is 18.2 Å². The van der Waals surface area contributed by atoms with Crippen LogP contribution in [0.15, 0.2) is 59.8 Å². The first kappa shape index (κ1) is 18.8. The summed E-state index contributed by atoms with van der Waals surface area (Å²) in [7, 11) is 1.54. The second-order valence-corrected chi connectivity index (χ2v) is 8.06. The van der Waals surface area contributed by atoms with Crippen LogP contribution in [0.4, 0.5) is 5.69 Å². The van der Waals surface area contributed by atoms with E-state index in [0.717, 1.165) is 33.3 Å². The fourth-order valence-electron chi connectivity index (χ4n) is 3.57. The first-order chi connectivity index (χ1) is 14.6. The van der Waals surface area contributed by atoms with E-state index < -0.39 is 0 Å². The number of ether oxygens (including phenoxy) is 1. The summed E-state index contributed by atoms with van der Waals surface area (Å²) in [5.74, 6) is 0.460. The van der Waals surface area contributed by atoms with Gasteiger partial charge < -0.3 is 10.1 Å². The van der Waals surface area contributed by atoms with Crippen molar-refractivity contribution in [3.8, 4) is 28.3 Å². The summed E-state index contributed by atoms with van der Waals surface area (Å²) in [5, 5.41) is 14.7. The number of fused-ring (bicyclic) bond motifs is 3. The molecule has 1 N–H and O–H groups in total. The number of anilines is 1. The third-order valence-electron chi connectivity index (χ3n) is 4.85. The van der Waals surface area contributed by atoms with Gasteiger partial charge in [0.2, 0.25) is 11.1 Å². The number of halogens is 1. The van der Waals surface area contributed by atoms with Gasteiger partial charge in [0, 0.05) is 21.5 Å². The van der Waals surface area contributed by atoms with E-state index in [2.05, 4.69) is 32.6 Å². The largest absolute Gasteiger partial charge is 0.495 e. The summed E-state index contributed by atoms with van der Waals surface area (Å²) in [5.41, 5.74) is 4.18. The summed E-state index contributed by atoms with van der Waals surface area (Å²) >= 11 is 7.24. The number of carbonyl (C=O) groups excluding carboxylic acids is 1. The molecule has 1 aromatic heterocycles. The molecule has 0 aliphatic heterocycles. The van der Waals surface area contributed by atoms with Crippen LogP contribution in [0.1, 0.15) is 0 Å². The van der Waals surface area contributed by atoms with Crippen LogP contribution in [0.3, 0.4) is 0 Å². The minimum Gasteiger partial charge on any atom is -0.495 e. The van der Waals surface area contributed by atoms with Crippen molar-refractivity contribution in [2.24, 2.45) is 0 Å². The van der Waals surface area contributed by atoms with Crippen LogP contribution in [0.5, 0.6) is 5.75 Å². The van der Waals surface area contributed by atoms with Crippen molar-refractivity contribution in [2.75, 3.05) is 18.2 Å². The molecule has 148 valence electrons. The summed E-state index contributed by atoms with van der Waals surface area (Å²) in [6.45, 7) is 0. The molecule has 0 saturated carbocycles. The molecule has 4 aromatic rings. The van der Waals surface area contributed by atoms with Crippen molar-refractivity contribution in [3.05, 3.63) is 59.6 Å². The fourth-order valence-corrected chi connectivity index (χ4v) is 4.33. The smallest absolute Gasteiger partial charge is 0.234 e. The molecule has 1 aliphatic carbocycles. The molecule has 0 bridgehead atoms. The topological polar surface area (TPSA) is 77.0 Å². The van der Waals surface area contributed by atoms with Gasteiger partial charge >= 0.3 is 0 Å². The molecule has 0 fully saturated rings. The van der Waals surface area contributed by atoms with Crippen molar-refractivity contribution in [2.45, 2.75) is 5.16 Å². The lowest BCUT2D eigenvalue weighted by Crippen LogP contribution is -2.15. The second-order valence-electron chi connectivity index (χ2n) is 6.68. The Kier molecular flexibility index (Phi) is 4.77. The minimum absolute atomic E-state index is 0.132. The van der Waals surface area contributed by atoms with E-state index in [1.165, 1.54) is 18.9 Å². The van der Waals surface area contributed by atoms with E-state index >= 15 is 0 Å². The molecule has 1 aliphatic rings. The highest BCUT2D eigenvalue weighted by Crippen LogP contribution is 2.44. The van der Waals surface area contributed by atoms with Crippen molar-refractivity contribution < 1.29 is 9.53 Å². The number of rotatable bonds is 5. The number of methoxy groups -OCH3 is 1. The Labute approximate surface area is 181 Å². The molecular weight excluding hydrogens is 420 g/mol. The SMILES string of the molecule is COc1ccc(Cl)cc1NC(=O)CSc1nnc2c(n1)-c1cccc3cccc-2c13. The van der Waals surface area contributed by atoms with Crippen LogP contribution >= 0.6 is 23.4 Å². The van der Waals surface area contributed by atoms with Crippen LogP contribution < -0.4 is 10.1 Å². The van der Waals surface area contributed by atoms with Gasteiger partial charge in [0.15, 0.2) is 0 Å². The molecule has 0 spiro atoms. The summed E-state index contributed by atoms with van der Waals surface area (Å²) < 4.78 is 5.26. The number of benzene rings is 3. The monoisotopic (exact) mass is 434 g/mol. The third kappa shape index (κ3) is 3.26. The number of hydrogen-bond donors (Lipinski definition) is 1. The van der Waals surface area contributed by atoms with Crippen LogP contribution in [0, 0.1) is 0 Å². The maximum atomic E-state index is 12.4. The molecular formula is C22H15ClN4O2S. The molecule has 5 rings (SSSR count). The van der Waals surface area contributed by atoms with Crippen molar-refractivity contribution in [3.63, 3.8) is 0 Å². The first-order valence-corrected chi connectivity index (χ1v) is 10.5. The Morgan fingerprint density at radius 3 is 2.60 bits per heavy atom. The van der Waals surface area contributed by atoms with Gasteiger partial charge in [0.25, 0.3) is 0 Å². The summed E-state index contributed by atoms with van der Waals surface area (Å²) in [6, 6.07) is 17.3. The van der Waals surface area contributed by atoms with Gasteiger partial charge in [-0.05, 0) is 23.6 Å². The Morgan fingerprint density at radius 2 is 1.83 bits per heavy atom. The lowest BCUT2D eigenvalue weighted by atomic mass is 10.0. The lowest BCUT2D eigenvalue weighted by Gasteiger charge is -2.10. The summed E-state index contributed by atoms with van der Waals surface area (Å²) in [6.07, 6.45) is 0. The highest BCUT2D eigenvalue weighted by Gasteiger charge is 2.25. The third-order valence-corrected chi connectivity index (χ3v) is 5.92. The standard InChI is InChI=1S/C22H15ClN4O2S/c1-29-17-9-8-13(23)10-16(17)24-18(28)11-30-22-25-20-14-6-2-4-12-5-3-7-15(19(12)14)21(20)26-27-22/h2-10H,11H2,1H3,(H,24,28). The number of hydrogen-bond acceptors (Lipinski definition) is 6. The lowest BCUT2D eigenvalue weighted by molar-refractivity contribution is -0.113. The van der Waals surface area contributed by atoms with Gasteiger partial charge in [-0.1, -0.05) is 59.8 Å². The van der Waals surface area contributed by atoms with E-state index in [1.807, 2.05) is 24.3 Å². The molecule has 3 aromatic carbocycles. The maximum Gasteiger partial charge on any atom is 0.234 e. The minimum atomic E-state index is -0.213. The van der Waals surface area contributed by atoms with E-state index in [9.17, 15) is 4.79 Å². The molecule has 0 atom stereocenters. The molecule has 0 saturated heterocycles. The number of thioether (sulfide) groups is 1. The number of nitrogens with zero attached hydrogens (tertiary/aromatic N) is 3. The van der Waals surface area contributed by atoms with Gasteiger partial charge in [0.05, 0.1) is 18.6 Å². The van der Waals surface area contributed by atoms with Gasteiger partial charge in [-0.2, -0.15) is 0 Å². The van der Waals surface area contributed by atoms with Crippen LogP contribution in [0.25, 0.3) is 33.3 Å². The Morgan fingerprint density at radius 1 is 1.07 bits per heavy atom. The quantitative estimate of drug-likeness (QED) is 0.389. The van der Waals surface area contributed by atoms with Crippen molar-refractivity contribution in [1.82, 2.24) is 15.2 Å². The van der Waals surface area contributed by atoms with Crippen molar-refractivity contribution in [1.29, 1.82) is 0 Å². The molecule has 1 amide bonds. The molecule has 1 heterocycles. The molecule has 0 unspecified atom stereocenters. The fraction of sp³-hybridized carbons (Fsp3) is 0.0909. The van der Waals surface area contributed by atoms with Gasteiger partial charge in [-0.25, -0.2) is 4.98 Å². The average molecular weight is 435 g/mol. The molecule has 30 heavy (non-hydrogen) atoms. The predicted molar refractivity (Wildman–Crippen MR) is 119 cm³/mol. The first-order valence-electron chi connectivity index (χ1n) is 9.17.